The van der Waals surface area contributed by atoms with E-state index in [1.165, 1.54) is 4.88 Å². The van der Waals surface area contributed by atoms with Crippen LogP contribution in [-0.2, 0) is 17.3 Å². The zero-order valence-corrected chi connectivity index (χ0v) is 16.5. The first-order valence-corrected chi connectivity index (χ1v) is 9.50. The second-order valence-corrected chi connectivity index (χ2v) is 9.15. The molecule has 0 aliphatic carbocycles. The van der Waals surface area contributed by atoms with Gasteiger partial charge in [-0.1, -0.05) is 39.8 Å². The van der Waals surface area contributed by atoms with Crippen molar-refractivity contribution in [1.29, 1.82) is 0 Å². The summed E-state index contributed by atoms with van der Waals surface area (Å²) in [6, 6.07) is 7.91. The molecule has 5 nitrogen and oxygen atoms in total. The van der Waals surface area contributed by atoms with Gasteiger partial charge >= 0.3 is 0 Å². The van der Waals surface area contributed by atoms with Gasteiger partial charge in [-0.25, -0.2) is 4.98 Å². The number of aromatic nitrogens is 4. The largest absolute Gasteiger partial charge is 0.358 e. The maximum atomic E-state index is 5.65. The Hall–Kier alpha value is -2.34. The number of hydrogen-bond donors (Lipinski definition) is 0. The Morgan fingerprint density at radius 1 is 1.00 bits per heavy atom. The topological polar surface area (TPSA) is 64.7 Å². The van der Waals surface area contributed by atoms with Gasteiger partial charge in [-0.2, -0.15) is 4.37 Å². The standard InChI is InChI=1S/C20H22N4OS/c1-19(2,3)18-16-14(24-26-18)9-8-12(22-16)11-20(4,5)17-15-13(23-25-17)7-6-10-21-15/h6-10H,11H2,1-5H3. The lowest BCUT2D eigenvalue weighted by Gasteiger charge is -2.21. The molecule has 4 rings (SSSR count). The van der Waals surface area contributed by atoms with E-state index in [0.29, 0.717) is 0 Å². The summed E-state index contributed by atoms with van der Waals surface area (Å²) in [4.78, 5) is 10.6. The Bertz CT molecular complexity index is 1090. The summed E-state index contributed by atoms with van der Waals surface area (Å²) in [6.07, 6.45) is 2.51. The number of fused-ring (bicyclic) bond motifs is 2. The van der Waals surface area contributed by atoms with E-state index in [2.05, 4.69) is 61.3 Å². The van der Waals surface area contributed by atoms with E-state index < -0.39 is 0 Å². The molecule has 26 heavy (non-hydrogen) atoms. The first-order valence-electron chi connectivity index (χ1n) is 8.72. The minimum absolute atomic E-state index is 0.0333. The molecule has 0 radical (unpaired) electrons. The fraction of sp³-hybridized carbons (Fsp3) is 0.400. The van der Waals surface area contributed by atoms with Crippen molar-refractivity contribution in [2.45, 2.75) is 51.9 Å². The molecule has 0 aromatic carbocycles. The summed E-state index contributed by atoms with van der Waals surface area (Å²) in [7, 11) is 0. The number of hydrogen-bond acceptors (Lipinski definition) is 6. The van der Waals surface area contributed by atoms with Gasteiger partial charge in [0, 0.05) is 29.1 Å². The van der Waals surface area contributed by atoms with E-state index in [1.54, 1.807) is 17.7 Å². The highest BCUT2D eigenvalue weighted by molar-refractivity contribution is 7.07. The van der Waals surface area contributed by atoms with Gasteiger partial charge < -0.3 is 4.52 Å². The molecule has 0 aliphatic rings. The minimum atomic E-state index is -0.269. The van der Waals surface area contributed by atoms with E-state index in [-0.39, 0.29) is 10.8 Å². The average Bonchev–Trinajstić information content (AvgIpc) is 3.18. The molecule has 4 aromatic heterocycles. The van der Waals surface area contributed by atoms with Crippen LogP contribution in [0.5, 0.6) is 0 Å². The van der Waals surface area contributed by atoms with E-state index >= 15 is 0 Å². The van der Waals surface area contributed by atoms with E-state index in [4.69, 9.17) is 9.51 Å². The molecular formula is C20H22N4OS. The van der Waals surface area contributed by atoms with Crippen molar-refractivity contribution in [3.63, 3.8) is 0 Å². The van der Waals surface area contributed by atoms with Gasteiger partial charge in [0.05, 0.1) is 4.88 Å². The van der Waals surface area contributed by atoms with Crippen molar-refractivity contribution in [2.75, 3.05) is 0 Å². The monoisotopic (exact) mass is 366 g/mol. The van der Waals surface area contributed by atoms with E-state index in [9.17, 15) is 0 Å². The maximum absolute atomic E-state index is 5.65. The Kier molecular flexibility index (Phi) is 3.84. The van der Waals surface area contributed by atoms with Gasteiger partial charge in [-0.3, -0.25) is 4.98 Å². The van der Waals surface area contributed by atoms with Gasteiger partial charge in [-0.15, -0.1) is 0 Å². The van der Waals surface area contributed by atoms with Crippen LogP contribution in [0.3, 0.4) is 0 Å². The molecule has 0 aliphatic heterocycles. The molecule has 0 bridgehead atoms. The minimum Gasteiger partial charge on any atom is -0.358 e. The molecule has 0 saturated carbocycles. The highest BCUT2D eigenvalue weighted by Gasteiger charge is 2.30. The second kappa shape index (κ2) is 5.84. The highest BCUT2D eigenvalue weighted by atomic mass is 32.1. The summed E-state index contributed by atoms with van der Waals surface area (Å²) >= 11 is 1.55. The van der Waals surface area contributed by atoms with Crippen molar-refractivity contribution in [3.05, 3.63) is 46.8 Å². The molecular weight excluding hydrogens is 344 g/mol. The van der Waals surface area contributed by atoms with Crippen LogP contribution in [0.4, 0.5) is 0 Å². The third-order valence-corrected chi connectivity index (χ3v) is 5.81. The van der Waals surface area contributed by atoms with Gasteiger partial charge in [-0.05, 0) is 35.8 Å². The summed E-state index contributed by atoms with van der Waals surface area (Å²) in [5.41, 5.74) is 4.38. The normalized spacial score (nSPS) is 13.0. The lowest BCUT2D eigenvalue weighted by molar-refractivity contribution is 0.319. The third kappa shape index (κ3) is 2.88. The van der Waals surface area contributed by atoms with Crippen LogP contribution in [0.2, 0.25) is 0 Å². The SMILES string of the molecule is CC(C)(C)c1snc2ccc(CC(C)(C)c3onc4cccnc34)nc12. The number of pyridine rings is 2. The average molecular weight is 366 g/mol. The maximum Gasteiger partial charge on any atom is 0.168 e. The van der Waals surface area contributed by atoms with Crippen LogP contribution in [0, 0.1) is 0 Å². The van der Waals surface area contributed by atoms with Crippen LogP contribution < -0.4 is 0 Å². The van der Waals surface area contributed by atoms with E-state index in [0.717, 1.165) is 39.9 Å². The zero-order chi connectivity index (χ0) is 18.5. The molecule has 0 N–H and O–H groups in total. The van der Waals surface area contributed by atoms with Crippen molar-refractivity contribution in [2.24, 2.45) is 0 Å². The lowest BCUT2D eigenvalue weighted by atomic mass is 9.84. The van der Waals surface area contributed by atoms with Crippen LogP contribution in [0.1, 0.15) is 51.0 Å². The van der Waals surface area contributed by atoms with Gasteiger partial charge in [0.15, 0.2) is 5.76 Å². The van der Waals surface area contributed by atoms with Gasteiger partial charge in [0.2, 0.25) is 0 Å². The highest BCUT2D eigenvalue weighted by Crippen LogP contribution is 2.35. The molecule has 4 heterocycles. The van der Waals surface area contributed by atoms with Crippen LogP contribution >= 0.6 is 11.5 Å². The van der Waals surface area contributed by atoms with Gasteiger partial charge in [0.1, 0.15) is 22.1 Å². The zero-order valence-electron chi connectivity index (χ0n) is 15.7. The summed E-state index contributed by atoms with van der Waals surface area (Å²) in [5, 5.41) is 4.15. The number of nitrogens with zero attached hydrogens (tertiary/aromatic N) is 4. The Morgan fingerprint density at radius 2 is 1.81 bits per heavy atom. The first-order chi connectivity index (χ1) is 12.3. The Labute approximate surface area is 156 Å². The van der Waals surface area contributed by atoms with E-state index in [1.807, 2.05) is 12.1 Å². The van der Waals surface area contributed by atoms with Gasteiger partial charge in [0.25, 0.3) is 0 Å². The fourth-order valence-electron chi connectivity index (χ4n) is 3.22. The molecule has 6 heteroatoms. The van der Waals surface area contributed by atoms with Crippen molar-refractivity contribution in [1.82, 2.24) is 19.5 Å². The van der Waals surface area contributed by atoms with Crippen molar-refractivity contribution < 1.29 is 4.52 Å². The molecule has 4 aromatic rings. The van der Waals surface area contributed by atoms with Crippen molar-refractivity contribution >= 4 is 33.6 Å². The molecule has 134 valence electrons. The molecule has 0 saturated heterocycles. The summed E-state index contributed by atoms with van der Waals surface area (Å²) in [6.45, 7) is 10.9. The first kappa shape index (κ1) is 17.1. The second-order valence-electron chi connectivity index (χ2n) is 8.38. The fourth-order valence-corrected chi connectivity index (χ4v) is 4.07. The molecule has 0 spiro atoms. The molecule has 0 amide bonds. The molecule has 0 atom stereocenters. The summed E-state index contributed by atoms with van der Waals surface area (Å²) < 4.78 is 10.2. The molecule has 0 fully saturated rings. The Morgan fingerprint density at radius 3 is 2.58 bits per heavy atom. The predicted molar refractivity (Wildman–Crippen MR) is 105 cm³/mol. The lowest BCUT2D eigenvalue weighted by Crippen LogP contribution is -2.21. The van der Waals surface area contributed by atoms with Crippen molar-refractivity contribution in [3.8, 4) is 0 Å². The Balaban J connectivity index is 1.74. The quantitative estimate of drug-likeness (QED) is 0.508. The smallest absolute Gasteiger partial charge is 0.168 e. The number of rotatable bonds is 3. The van der Waals surface area contributed by atoms with Crippen LogP contribution in [-0.4, -0.2) is 19.5 Å². The summed E-state index contributed by atoms with van der Waals surface area (Å²) in [5.74, 6) is 0.800. The molecule has 0 unspecified atom stereocenters. The predicted octanol–water partition coefficient (Wildman–Crippen LogP) is 5.05. The third-order valence-electron chi connectivity index (χ3n) is 4.54. The van der Waals surface area contributed by atoms with Crippen LogP contribution in [0.15, 0.2) is 35.0 Å². The van der Waals surface area contributed by atoms with Crippen LogP contribution in [0.25, 0.3) is 22.1 Å².